The lowest BCUT2D eigenvalue weighted by Gasteiger charge is -2.34. The van der Waals surface area contributed by atoms with Gasteiger partial charge in [-0.1, -0.05) is 72.1 Å². The average Bonchev–Trinajstić information content (AvgIpc) is 2.89. The maximum Gasteiger partial charge on any atom is 0.228 e. The summed E-state index contributed by atoms with van der Waals surface area (Å²) < 4.78 is 11.8. The van der Waals surface area contributed by atoms with E-state index in [2.05, 4.69) is 55.3 Å². The molecule has 4 heteroatoms. The fourth-order valence-corrected chi connectivity index (χ4v) is 4.82. The van der Waals surface area contributed by atoms with Gasteiger partial charge in [0.2, 0.25) is 5.91 Å². The first-order valence-corrected chi connectivity index (χ1v) is 11.7. The van der Waals surface area contributed by atoms with Gasteiger partial charge in [0.05, 0.1) is 13.7 Å². The maximum absolute atomic E-state index is 13.1. The van der Waals surface area contributed by atoms with E-state index in [9.17, 15) is 4.79 Å². The van der Waals surface area contributed by atoms with Crippen LogP contribution in [-0.4, -0.2) is 19.6 Å². The zero-order valence-corrected chi connectivity index (χ0v) is 20.0. The number of nitrogens with zero attached hydrogens (tertiary/aromatic N) is 1. The molecule has 0 fully saturated rings. The van der Waals surface area contributed by atoms with Gasteiger partial charge in [0.25, 0.3) is 0 Å². The van der Waals surface area contributed by atoms with Gasteiger partial charge in [-0.25, -0.2) is 0 Å². The van der Waals surface area contributed by atoms with Crippen molar-refractivity contribution in [1.82, 2.24) is 0 Å². The molecule has 1 aliphatic rings. The molecule has 0 spiro atoms. The molecule has 4 aromatic carbocycles. The molecule has 4 nitrogen and oxygen atoms in total. The first-order chi connectivity index (χ1) is 17.1. The molecular formula is C31H27NO3. The summed E-state index contributed by atoms with van der Waals surface area (Å²) in [6, 6.07) is 26.6. The van der Waals surface area contributed by atoms with Crippen LogP contribution in [0.5, 0.6) is 11.5 Å². The summed E-state index contributed by atoms with van der Waals surface area (Å²) in [5.41, 5.74) is 5.31. The van der Waals surface area contributed by atoms with Crippen LogP contribution in [0.3, 0.4) is 0 Å². The summed E-state index contributed by atoms with van der Waals surface area (Å²) in [7, 11) is 1.64. The highest BCUT2D eigenvalue weighted by atomic mass is 16.5. The van der Waals surface area contributed by atoms with Crippen molar-refractivity contribution in [3.63, 3.8) is 0 Å². The van der Waals surface area contributed by atoms with Crippen molar-refractivity contribution in [2.45, 2.75) is 25.9 Å². The molecule has 0 saturated carbocycles. The summed E-state index contributed by atoms with van der Waals surface area (Å²) >= 11 is 0. The van der Waals surface area contributed by atoms with Gasteiger partial charge in [-0.15, -0.1) is 6.42 Å². The molecule has 1 aliphatic heterocycles. The van der Waals surface area contributed by atoms with Gasteiger partial charge in [0, 0.05) is 18.0 Å². The minimum atomic E-state index is -0.113. The van der Waals surface area contributed by atoms with Crippen LogP contribution in [0, 0.1) is 19.3 Å². The number of terminal acetylenes is 1. The smallest absolute Gasteiger partial charge is 0.228 e. The lowest BCUT2D eigenvalue weighted by molar-refractivity contribution is -0.119. The standard InChI is InChI=1S/C31H27NO3/c1-4-17-32-27-15-13-23-7-5-6-8-25(23)31(27)26(19-30(32)33)24-14-16-28(29(18-24)34-3)35-20-22-11-9-21(2)10-12-22/h1,5-16,18,26H,17,19-20H2,2-3H3. The molecule has 0 aliphatic carbocycles. The van der Waals surface area contributed by atoms with Crippen molar-refractivity contribution < 1.29 is 14.3 Å². The molecule has 1 amide bonds. The van der Waals surface area contributed by atoms with Gasteiger partial charge >= 0.3 is 0 Å². The number of rotatable bonds is 6. The van der Waals surface area contributed by atoms with Crippen LogP contribution >= 0.6 is 0 Å². The van der Waals surface area contributed by atoms with Gasteiger partial charge in [-0.2, -0.15) is 0 Å². The lowest BCUT2D eigenvalue weighted by atomic mass is 9.81. The first-order valence-electron chi connectivity index (χ1n) is 11.7. The number of anilines is 1. The minimum absolute atomic E-state index is 0.0226. The maximum atomic E-state index is 13.1. The van der Waals surface area contributed by atoms with E-state index >= 15 is 0 Å². The van der Waals surface area contributed by atoms with E-state index in [1.807, 2.05) is 36.4 Å². The third-order valence-corrected chi connectivity index (χ3v) is 6.62. The molecule has 0 N–H and O–H groups in total. The van der Waals surface area contributed by atoms with Crippen molar-refractivity contribution in [2.75, 3.05) is 18.6 Å². The van der Waals surface area contributed by atoms with Crippen LogP contribution in [0.4, 0.5) is 5.69 Å². The van der Waals surface area contributed by atoms with Crippen molar-refractivity contribution in [3.8, 4) is 23.8 Å². The van der Waals surface area contributed by atoms with Gasteiger partial charge in [-0.3, -0.25) is 4.79 Å². The van der Waals surface area contributed by atoms with Crippen LogP contribution in [-0.2, 0) is 11.4 Å². The lowest BCUT2D eigenvalue weighted by Crippen LogP contribution is -2.37. The van der Waals surface area contributed by atoms with E-state index in [0.717, 1.165) is 33.2 Å². The van der Waals surface area contributed by atoms with Crippen molar-refractivity contribution in [1.29, 1.82) is 0 Å². The second kappa shape index (κ2) is 9.56. The summed E-state index contributed by atoms with van der Waals surface area (Å²) in [5.74, 6) is 3.87. The highest BCUT2D eigenvalue weighted by molar-refractivity contribution is 6.03. The molecule has 0 aromatic heterocycles. The summed E-state index contributed by atoms with van der Waals surface area (Å²) in [6.45, 7) is 2.77. The third-order valence-electron chi connectivity index (χ3n) is 6.62. The Kier molecular flexibility index (Phi) is 6.16. The van der Waals surface area contributed by atoms with Crippen molar-refractivity contribution in [3.05, 3.63) is 101 Å². The third kappa shape index (κ3) is 4.34. The number of aryl methyl sites for hydroxylation is 1. The number of hydrogen-bond donors (Lipinski definition) is 0. The summed E-state index contributed by atoms with van der Waals surface area (Å²) in [4.78, 5) is 14.9. The number of ether oxygens (including phenoxy) is 2. The van der Waals surface area contributed by atoms with E-state index < -0.39 is 0 Å². The fourth-order valence-electron chi connectivity index (χ4n) is 4.82. The molecule has 1 atom stereocenters. The van der Waals surface area contributed by atoms with E-state index in [1.165, 1.54) is 5.56 Å². The van der Waals surface area contributed by atoms with E-state index in [4.69, 9.17) is 15.9 Å². The molecule has 0 radical (unpaired) electrons. The van der Waals surface area contributed by atoms with Crippen LogP contribution < -0.4 is 14.4 Å². The Morgan fingerprint density at radius 3 is 2.57 bits per heavy atom. The highest BCUT2D eigenvalue weighted by Crippen LogP contribution is 2.45. The first kappa shape index (κ1) is 22.6. The highest BCUT2D eigenvalue weighted by Gasteiger charge is 2.33. The Morgan fingerprint density at radius 1 is 1.00 bits per heavy atom. The van der Waals surface area contributed by atoms with Gasteiger partial charge in [-0.05, 0) is 52.6 Å². The van der Waals surface area contributed by atoms with Crippen molar-refractivity contribution in [2.24, 2.45) is 0 Å². The molecule has 0 bridgehead atoms. The quantitative estimate of drug-likeness (QED) is 0.319. The molecule has 174 valence electrons. The van der Waals surface area contributed by atoms with Crippen molar-refractivity contribution >= 4 is 22.4 Å². The molecule has 35 heavy (non-hydrogen) atoms. The fraction of sp³-hybridized carbons (Fsp3) is 0.194. The zero-order valence-electron chi connectivity index (χ0n) is 20.0. The molecule has 4 aromatic rings. The second-order valence-corrected chi connectivity index (χ2v) is 8.84. The Labute approximate surface area is 206 Å². The van der Waals surface area contributed by atoms with Gasteiger partial charge in [0.1, 0.15) is 6.61 Å². The van der Waals surface area contributed by atoms with Gasteiger partial charge in [0.15, 0.2) is 11.5 Å². The number of hydrogen-bond acceptors (Lipinski definition) is 3. The Bertz CT molecular complexity index is 1430. The Hall–Kier alpha value is -4.23. The summed E-state index contributed by atoms with van der Waals surface area (Å²) in [6.07, 6.45) is 5.94. The monoisotopic (exact) mass is 461 g/mol. The Balaban J connectivity index is 1.53. The number of amides is 1. The zero-order chi connectivity index (χ0) is 24.4. The molecule has 5 rings (SSSR count). The van der Waals surface area contributed by atoms with E-state index in [0.29, 0.717) is 24.5 Å². The molecule has 1 unspecified atom stereocenters. The van der Waals surface area contributed by atoms with Crippen LogP contribution in [0.15, 0.2) is 78.9 Å². The topological polar surface area (TPSA) is 38.8 Å². The normalized spacial score (nSPS) is 14.9. The SMILES string of the molecule is C#CCN1C(=O)CC(c2ccc(OCc3ccc(C)cc3)c(OC)c2)c2c1ccc1ccccc21. The number of benzene rings is 4. The van der Waals surface area contributed by atoms with E-state index in [1.54, 1.807) is 12.0 Å². The van der Waals surface area contributed by atoms with E-state index in [-0.39, 0.29) is 18.4 Å². The van der Waals surface area contributed by atoms with Gasteiger partial charge < -0.3 is 14.4 Å². The molecular weight excluding hydrogens is 434 g/mol. The average molecular weight is 462 g/mol. The van der Waals surface area contributed by atoms with Crippen LogP contribution in [0.1, 0.15) is 34.6 Å². The molecule has 1 heterocycles. The minimum Gasteiger partial charge on any atom is -0.493 e. The largest absolute Gasteiger partial charge is 0.493 e. The summed E-state index contributed by atoms with van der Waals surface area (Å²) in [5, 5.41) is 2.26. The number of methoxy groups -OCH3 is 1. The molecule has 0 saturated heterocycles. The number of carbonyl (C=O) groups is 1. The predicted octanol–water partition coefficient (Wildman–Crippen LogP) is 6.24. The van der Waals surface area contributed by atoms with Crippen LogP contribution in [0.25, 0.3) is 10.8 Å². The van der Waals surface area contributed by atoms with Crippen LogP contribution in [0.2, 0.25) is 0 Å². The number of fused-ring (bicyclic) bond motifs is 3. The predicted molar refractivity (Wildman–Crippen MR) is 140 cm³/mol. The number of carbonyl (C=O) groups excluding carboxylic acids is 1. The second-order valence-electron chi connectivity index (χ2n) is 8.84. The Morgan fingerprint density at radius 2 is 1.80 bits per heavy atom.